The second kappa shape index (κ2) is 8.00. The van der Waals surface area contributed by atoms with Crippen molar-refractivity contribution in [3.63, 3.8) is 0 Å². The predicted molar refractivity (Wildman–Crippen MR) is 80.2 cm³/mol. The topological polar surface area (TPSA) is 30.5 Å². The Hall–Kier alpha value is -0.420. The summed E-state index contributed by atoms with van der Waals surface area (Å²) in [6, 6.07) is 6.48. The normalized spacial score (nSPS) is 18.9. The summed E-state index contributed by atoms with van der Waals surface area (Å²) in [6.45, 7) is 6.37. The van der Waals surface area contributed by atoms with Gasteiger partial charge in [0.1, 0.15) is 0 Å². The first kappa shape index (κ1) is 15.0. The van der Waals surface area contributed by atoms with Crippen LogP contribution in [0.15, 0.2) is 22.7 Å². The van der Waals surface area contributed by atoms with Crippen LogP contribution in [0.1, 0.15) is 30.9 Å². The molecule has 0 bridgehead atoms. The van der Waals surface area contributed by atoms with Gasteiger partial charge in [-0.05, 0) is 36.6 Å². The average Bonchev–Trinajstić information content (AvgIpc) is 2.91. The average molecular weight is 328 g/mol. The van der Waals surface area contributed by atoms with Gasteiger partial charge in [-0.15, -0.1) is 0 Å². The fourth-order valence-electron chi connectivity index (χ4n) is 2.08. The largest absolute Gasteiger partial charge is 0.379 e. The number of ether oxygens (including phenoxy) is 2. The van der Waals surface area contributed by atoms with E-state index in [0.29, 0.717) is 6.61 Å². The van der Waals surface area contributed by atoms with E-state index in [9.17, 15) is 0 Å². The molecule has 1 aliphatic heterocycles. The zero-order valence-electron chi connectivity index (χ0n) is 11.5. The summed E-state index contributed by atoms with van der Waals surface area (Å²) < 4.78 is 12.3. The van der Waals surface area contributed by atoms with Gasteiger partial charge in [-0.2, -0.15) is 0 Å². The van der Waals surface area contributed by atoms with E-state index < -0.39 is 0 Å². The minimum atomic E-state index is 0.262. The molecular weight excluding hydrogens is 306 g/mol. The molecule has 4 heteroatoms. The smallest absolute Gasteiger partial charge is 0.0835 e. The van der Waals surface area contributed by atoms with Crippen LogP contribution in [0.4, 0.5) is 0 Å². The van der Waals surface area contributed by atoms with Gasteiger partial charge in [-0.25, -0.2) is 0 Å². The van der Waals surface area contributed by atoms with Gasteiger partial charge in [0.05, 0.1) is 19.3 Å². The van der Waals surface area contributed by atoms with Gasteiger partial charge < -0.3 is 14.8 Å². The SMILES string of the molecule is CCCNCc1ccc(COC2CCOC2)c(Br)c1. The van der Waals surface area contributed by atoms with E-state index in [-0.39, 0.29) is 6.10 Å². The fraction of sp³-hybridized carbons (Fsp3) is 0.600. The minimum absolute atomic E-state index is 0.262. The van der Waals surface area contributed by atoms with Crippen molar-refractivity contribution in [2.24, 2.45) is 0 Å². The number of hydrogen-bond acceptors (Lipinski definition) is 3. The van der Waals surface area contributed by atoms with Gasteiger partial charge in [-0.3, -0.25) is 0 Å². The second-order valence-corrected chi connectivity index (χ2v) is 5.75. The van der Waals surface area contributed by atoms with Crippen molar-refractivity contribution < 1.29 is 9.47 Å². The van der Waals surface area contributed by atoms with E-state index in [4.69, 9.17) is 9.47 Å². The van der Waals surface area contributed by atoms with Crippen LogP contribution in [-0.4, -0.2) is 25.9 Å². The Morgan fingerprint density at radius 3 is 3.05 bits per heavy atom. The Balaban J connectivity index is 1.83. The zero-order chi connectivity index (χ0) is 13.5. The molecule has 1 N–H and O–H groups in total. The third-order valence-electron chi connectivity index (χ3n) is 3.24. The highest BCUT2D eigenvalue weighted by molar-refractivity contribution is 9.10. The molecular formula is C15H22BrNO2. The molecule has 0 radical (unpaired) electrons. The summed E-state index contributed by atoms with van der Waals surface area (Å²) in [6.07, 6.45) is 2.44. The van der Waals surface area contributed by atoms with Gasteiger partial charge in [0, 0.05) is 17.6 Å². The highest BCUT2D eigenvalue weighted by Crippen LogP contribution is 2.21. The molecule has 1 fully saturated rings. The highest BCUT2D eigenvalue weighted by atomic mass is 79.9. The lowest BCUT2D eigenvalue weighted by atomic mass is 10.1. The van der Waals surface area contributed by atoms with Gasteiger partial charge in [0.25, 0.3) is 0 Å². The van der Waals surface area contributed by atoms with Crippen LogP contribution in [0.2, 0.25) is 0 Å². The second-order valence-electron chi connectivity index (χ2n) is 4.90. The van der Waals surface area contributed by atoms with E-state index in [1.807, 2.05) is 0 Å². The fourth-order valence-corrected chi connectivity index (χ4v) is 2.62. The number of nitrogens with one attached hydrogen (secondary N) is 1. The molecule has 1 aromatic rings. The van der Waals surface area contributed by atoms with Crippen LogP contribution in [-0.2, 0) is 22.6 Å². The quantitative estimate of drug-likeness (QED) is 0.780. The molecule has 0 saturated carbocycles. The lowest BCUT2D eigenvalue weighted by Crippen LogP contribution is -2.14. The van der Waals surface area contributed by atoms with Crippen molar-refractivity contribution in [2.75, 3.05) is 19.8 Å². The third-order valence-corrected chi connectivity index (χ3v) is 3.97. The molecule has 0 aliphatic carbocycles. The maximum absolute atomic E-state index is 5.84. The Kier molecular flexibility index (Phi) is 6.31. The van der Waals surface area contributed by atoms with E-state index in [0.717, 1.165) is 43.6 Å². The third kappa shape index (κ3) is 4.88. The minimum Gasteiger partial charge on any atom is -0.379 e. The van der Waals surface area contributed by atoms with Crippen molar-refractivity contribution in [1.82, 2.24) is 5.32 Å². The molecule has 1 heterocycles. The molecule has 1 atom stereocenters. The van der Waals surface area contributed by atoms with Crippen molar-refractivity contribution >= 4 is 15.9 Å². The van der Waals surface area contributed by atoms with Gasteiger partial charge in [-0.1, -0.05) is 35.0 Å². The summed E-state index contributed by atoms with van der Waals surface area (Å²) in [5.74, 6) is 0. The summed E-state index contributed by atoms with van der Waals surface area (Å²) in [4.78, 5) is 0. The zero-order valence-corrected chi connectivity index (χ0v) is 13.0. The van der Waals surface area contributed by atoms with E-state index in [1.54, 1.807) is 0 Å². The predicted octanol–water partition coefficient (Wildman–Crippen LogP) is 3.25. The Labute approximate surface area is 123 Å². The lowest BCUT2D eigenvalue weighted by Gasteiger charge is -2.12. The Bertz CT molecular complexity index is 392. The maximum atomic E-state index is 5.84. The molecule has 19 heavy (non-hydrogen) atoms. The standard InChI is InChI=1S/C15H22BrNO2/c1-2-6-17-9-12-3-4-13(15(16)8-12)10-19-14-5-7-18-11-14/h3-4,8,14,17H,2,5-7,9-11H2,1H3. The highest BCUT2D eigenvalue weighted by Gasteiger charge is 2.16. The molecule has 1 aliphatic rings. The first-order valence-electron chi connectivity index (χ1n) is 6.97. The molecule has 1 unspecified atom stereocenters. The van der Waals surface area contributed by atoms with Gasteiger partial charge >= 0.3 is 0 Å². The molecule has 0 amide bonds. The molecule has 0 spiro atoms. The van der Waals surface area contributed by atoms with Crippen LogP contribution in [0.5, 0.6) is 0 Å². The summed E-state index contributed by atoms with van der Waals surface area (Å²) >= 11 is 3.63. The van der Waals surface area contributed by atoms with Gasteiger partial charge in [0.2, 0.25) is 0 Å². The van der Waals surface area contributed by atoms with Crippen molar-refractivity contribution in [1.29, 1.82) is 0 Å². The van der Waals surface area contributed by atoms with E-state index in [1.165, 1.54) is 11.1 Å². The van der Waals surface area contributed by atoms with Crippen molar-refractivity contribution in [3.05, 3.63) is 33.8 Å². The maximum Gasteiger partial charge on any atom is 0.0835 e. The van der Waals surface area contributed by atoms with Crippen LogP contribution in [0.3, 0.4) is 0 Å². The first-order valence-corrected chi connectivity index (χ1v) is 7.76. The summed E-state index contributed by atoms with van der Waals surface area (Å²) in [5, 5.41) is 3.41. The summed E-state index contributed by atoms with van der Waals surface area (Å²) in [5.41, 5.74) is 2.50. The van der Waals surface area contributed by atoms with E-state index in [2.05, 4.69) is 46.4 Å². The Morgan fingerprint density at radius 1 is 1.47 bits per heavy atom. The first-order chi connectivity index (χ1) is 9.29. The molecule has 0 aromatic heterocycles. The monoisotopic (exact) mass is 327 g/mol. The van der Waals surface area contributed by atoms with Crippen LogP contribution in [0.25, 0.3) is 0 Å². The van der Waals surface area contributed by atoms with Crippen LogP contribution in [0, 0.1) is 0 Å². The Morgan fingerprint density at radius 2 is 2.37 bits per heavy atom. The number of hydrogen-bond donors (Lipinski definition) is 1. The van der Waals surface area contributed by atoms with Crippen molar-refractivity contribution in [3.8, 4) is 0 Å². The van der Waals surface area contributed by atoms with Crippen LogP contribution >= 0.6 is 15.9 Å². The van der Waals surface area contributed by atoms with Crippen LogP contribution < -0.4 is 5.32 Å². The summed E-state index contributed by atoms with van der Waals surface area (Å²) in [7, 11) is 0. The number of halogens is 1. The molecule has 3 nitrogen and oxygen atoms in total. The van der Waals surface area contributed by atoms with Crippen molar-refractivity contribution in [2.45, 2.75) is 39.0 Å². The molecule has 1 aromatic carbocycles. The lowest BCUT2D eigenvalue weighted by molar-refractivity contribution is 0.0315. The number of benzene rings is 1. The van der Waals surface area contributed by atoms with Gasteiger partial charge in [0.15, 0.2) is 0 Å². The molecule has 106 valence electrons. The molecule has 2 rings (SSSR count). The molecule has 1 saturated heterocycles. The van der Waals surface area contributed by atoms with E-state index >= 15 is 0 Å². The number of rotatable bonds is 7.